The summed E-state index contributed by atoms with van der Waals surface area (Å²) in [4.78, 5) is 16.1. The molecule has 4 aromatic rings. The maximum atomic E-state index is 12.0. The van der Waals surface area contributed by atoms with Gasteiger partial charge in [0.2, 0.25) is 5.91 Å². The van der Waals surface area contributed by atoms with Crippen molar-refractivity contribution in [2.24, 2.45) is 0 Å². The van der Waals surface area contributed by atoms with Crippen LogP contribution in [0, 0.1) is 0 Å². The number of amides is 1. The van der Waals surface area contributed by atoms with E-state index in [4.69, 9.17) is 0 Å². The minimum Gasteiger partial charge on any atom is -0.352 e. The molecule has 0 atom stereocenters. The second kappa shape index (κ2) is 8.30. The summed E-state index contributed by atoms with van der Waals surface area (Å²) in [6.07, 6.45) is 9.32. The fraction of sp³-hybridized carbons (Fsp3) is 0.143. The minimum atomic E-state index is 0.00752. The Morgan fingerprint density at radius 3 is 2.61 bits per heavy atom. The number of H-pyrrole nitrogens is 1. The van der Waals surface area contributed by atoms with E-state index < -0.39 is 0 Å². The van der Waals surface area contributed by atoms with Crippen LogP contribution in [0.2, 0.25) is 0 Å². The van der Waals surface area contributed by atoms with E-state index in [1.807, 2.05) is 54.9 Å². The first-order valence-electron chi connectivity index (χ1n) is 9.07. The number of hydrogen-bond donors (Lipinski definition) is 2. The van der Waals surface area contributed by atoms with Crippen molar-refractivity contribution in [2.45, 2.75) is 19.5 Å². The lowest BCUT2D eigenvalue weighted by Gasteiger charge is -2.08. The number of pyridine rings is 1. The minimum absolute atomic E-state index is 0.00752. The van der Waals surface area contributed by atoms with Crippen LogP contribution in [0.1, 0.15) is 12.0 Å². The number of nitrogens with one attached hydrogen (secondary N) is 2. The zero-order valence-corrected chi connectivity index (χ0v) is 15.2. The van der Waals surface area contributed by atoms with E-state index in [1.165, 1.54) is 0 Å². The third-order valence-corrected chi connectivity index (χ3v) is 4.49. The highest BCUT2D eigenvalue weighted by atomic mass is 16.1. The molecule has 0 fully saturated rings. The van der Waals surface area contributed by atoms with Crippen LogP contribution >= 0.6 is 0 Å². The number of aryl methyl sites for hydroxylation is 1. The molecular weight excluding hydrogens is 352 g/mol. The molecule has 2 N–H and O–H groups in total. The fourth-order valence-electron chi connectivity index (χ4n) is 2.98. The van der Waals surface area contributed by atoms with Crippen LogP contribution in [0.3, 0.4) is 0 Å². The molecule has 0 aliphatic rings. The number of rotatable bonds is 7. The maximum Gasteiger partial charge on any atom is 0.222 e. The molecule has 1 aromatic carbocycles. The first-order valence-corrected chi connectivity index (χ1v) is 9.07. The predicted molar refractivity (Wildman–Crippen MR) is 106 cm³/mol. The molecule has 0 saturated heterocycles. The molecule has 1 amide bonds. The van der Waals surface area contributed by atoms with E-state index in [1.54, 1.807) is 23.3 Å². The van der Waals surface area contributed by atoms with E-state index in [-0.39, 0.29) is 5.91 Å². The Hall–Kier alpha value is -3.74. The van der Waals surface area contributed by atoms with E-state index in [0.717, 1.165) is 27.9 Å². The molecule has 3 heterocycles. The molecule has 7 nitrogen and oxygen atoms in total. The van der Waals surface area contributed by atoms with Crippen LogP contribution in [0.5, 0.6) is 0 Å². The van der Waals surface area contributed by atoms with Crippen molar-refractivity contribution in [3.05, 3.63) is 79.0 Å². The lowest BCUT2D eigenvalue weighted by atomic mass is 10.0. The molecule has 0 bridgehead atoms. The molecule has 0 saturated carbocycles. The van der Waals surface area contributed by atoms with Gasteiger partial charge < -0.3 is 5.32 Å². The Kier molecular flexibility index (Phi) is 5.24. The third-order valence-electron chi connectivity index (χ3n) is 4.49. The highest BCUT2D eigenvalue weighted by Crippen LogP contribution is 2.29. The number of hydrogen-bond acceptors (Lipinski definition) is 4. The number of carbonyl (C=O) groups is 1. The molecule has 7 heteroatoms. The maximum absolute atomic E-state index is 12.0. The van der Waals surface area contributed by atoms with Crippen molar-refractivity contribution >= 4 is 5.91 Å². The average Bonchev–Trinajstić information content (AvgIpc) is 3.44. The molecule has 28 heavy (non-hydrogen) atoms. The quantitative estimate of drug-likeness (QED) is 0.522. The highest BCUT2D eigenvalue weighted by Gasteiger charge is 2.10. The van der Waals surface area contributed by atoms with Gasteiger partial charge in [-0.15, -0.1) is 0 Å². The predicted octanol–water partition coefficient (Wildman–Crippen LogP) is 3.04. The summed E-state index contributed by atoms with van der Waals surface area (Å²) in [5.41, 5.74) is 5.13. The van der Waals surface area contributed by atoms with Crippen molar-refractivity contribution in [3.8, 4) is 22.4 Å². The second-order valence-electron chi connectivity index (χ2n) is 6.39. The molecule has 140 valence electrons. The third kappa shape index (κ3) is 4.15. The van der Waals surface area contributed by atoms with Gasteiger partial charge >= 0.3 is 0 Å². The lowest BCUT2D eigenvalue weighted by molar-refractivity contribution is -0.121. The SMILES string of the molecule is O=C(CCn1cccn1)NCc1ccc(-c2[nH]ncc2-c2ccncc2)cc1. The van der Waals surface area contributed by atoms with Crippen LogP contribution in [-0.4, -0.2) is 30.9 Å². The summed E-state index contributed by atoms with van der Waals surface area (Å²) in [5.74, 6) is 0.00752. The number of benzene rings is 1. The van der Waals surface area contributed by atoms with Crippen molar-refractivity contribution < 1.29 is 4.79 Å². The van der Waals surface area contributed by atoms with Crippen LogP contribution < -0.4 is 5.32 Å². The summed E-state index contributed by atoms with van der Waals surface area (Å²) in [6, 6.07) is 13.9. The Labute approximate surface area is 162 Å². The van der Waals surface area contributed by atoms with Gasteiger partial charge in [-0.3, -0.25) is 19.6 Å². The Morgan fingerprint density at radius 2 is 1.86 bits per heavy atom. The molecule has 0 aliphatic carbocycles. The van der Waals surface area contributed by atoms with Gasteiger partial charge in [0.15, 0.2) is 0 Å². The second-order valence-corrected chi connectivity index (χ2v) is 6.39. The number of aromatic nitrogens is 5. The Balaban J connectivity index is 1.37. The average molecular weight is 372 g/mol. The molecule has 4 rings (SSSR count). The summed E-state index contributed by atoms with van der Waals surface area (Å²) in [6.45, 7) is 1.08. The highest BCUT2D eigenvalue weighted by molar-refractivity contribution is 5.80. The first-order chi connectivity index (χ1) is 13.8. The number of carbonyl (C=O) groups excluding carboxylic acids is 1. The first kappa shape index (κ1) is 17.7. The molecule has 0 aliphatic heterocycles. The van der Waals surface area contributed by atoms with Crippen LogP contribution in [0.25, 0.3) is 22.4 Å². The van der Waals surface area contributed by atoms with Crippen LogP contribution in [-0.2, 0) is 17.9 Å². The van der Waals surface area contributed by atoms with Crippen molar-refractivity contribution in [2.75, 3.05) is 0 Å². The van der Waals surface area contributed by atoms with Crippen LogP contribution in [0.4, 0.5) is 0 Å². The smallest absolute Gasteiger partial charge is 0.222 e. The Bertz CT molecular complexity index is 1020. The van der Waals surface area contributed by atoms with Gasteiger partial charge in [0.05, 0.1) is 11.9 Å². The molecule has 3 aromatic heterocycles. The number of nitrogens with zero attached hydrogens (tertiary/aromatic N) is 4. The Morgan fingerprint density at radius 1 is 1.04 bits per heavy atom. The number of aromatic amines is 1. The van der Waals surface area contributed by atoms with Gasteiger partial charge in [-0.1, -0.05) is 24.3 Å². The zero-order chi connectivity index (χ0) is 19.2. The molecule has 0 unspecified atom stereocenters. The largest absolute Gasteiger partial charge is 0.352 e. The lowest BCUT2D eigenvalue weighted by Crippen LogP contribution is -2.24. The summed E-state index contributed by atoms with van der Waals surface area (Å²) in [5, 5.41) is 14.3. The summed E-state index contributed by atoms with van der Waals surface area (Å²) in [7, 11) is 0. The summed E-state index contributed by atoms with van der Waals surface area (Å²) < 4.78 is 1.75. The topological polar surface area (TPSA) is 88.5 Å². The normalized spacial score (nSPS) is 10.7. The standard InChI is InChI=1S/C21H20N6O/c28-20(8-13-27-12-1-9-25-27)23-14-16-2-4-18(5-3-16)21-19(15-24-26-21)17-6-10-22-11-7-17/h1-7,9-12,15H,8,13-14H2,(H,23,28)(H,24,26). The van der Waals surface area contributed by atoms with Gasteiger partial charge in [-0.2, -0.15) is 10.2 Å². The summed E-state index contributed by atoms with van der Waals surface area (Å²) >= 11 is 0. The van der Waals surface area contributed by atoms with E-state index in [9.17, 15) is 4.79 Å². The van der Waals surface area contributed by atoms with Crippen molar-refractivity contribution in [1.82, 2.24) is 30.3 Å². The monoisotopic (exact) mass is 372 g/mol. The van der Waals surface area contributed by atoms with Crippen molar-refractivity contribution in [1.29, 1.82) is 0 Å². The molecule has 0 spiro atoms. The van der Waals surface area contributed by atoms with E-state index in [2.05, 4.69) is 25.6 Å². The van der Waals surface area contributed by atoms with Gasteiger partial charge in [-0.25, -0.2) is 0 Å². The van der Waals surface area contributed by atoms with Gasteiger partial charge in [0, 0.05) is 55.4 Å². The molecular formula is C21H20N6O. The van der Waals surface area contributed by atoms with Crippen LogP contribution in [0.15, 0.2) is 73.4 Å². The molecule has 0 radical (unpaired) electrons. The van der Waals surface area contributed by atoms with Gasteiger partial charge in [0.1, 0.15) is 0 Å². The van der Waals surface area contributed by atoms with E-state index >= 15 is 0 Å². The van der Waals surface area contributed by atoms with Gasteiger partial charge in [0.25, 0.3) is 0 Å². The van der Waals surface area contributed by atoms with Gasteiger partial charge in [-0.05, 0) is 29.3 Å². The zero-order valence-electron chi connectivity index (χ0n) is 15.2. The fourth-order valence-corrected chi connectivity index (χ4v) is 2.98. The van der Waals surface area contributed by atoms with E-state index in [0.29, 0.717) is 19.5 Å². The van der Waals surface area contributed by atoms with Crippen molar-refractivity contribution in [3.63, 3.8) is 0 Å².